The van der Waals surface area contributed by atoms with Crippen molar-refractivity contribution in [2.75, 3.05) is 45.2 Å². The molecule has 0 radical (unpaired) electrons. The number of carbonyl (C=O) groups is 4. The van der Waals surface area contributed by atoms with E-state index in [0.717, 1.165) is 55.7 Å². The van der Waals surface area contributed by atoms with Crippen molar-refractivity contribution in [3.8, 4) is 0 Å². The Labute approximate surface area is 302 Å². The van der Waals surface area contributed by atoms with Gasteiger partial charge in [-0.15, -0.1) is 0 Å². The molecule has 5 rings (SSSR count). The molecule has 4 aromatic rings. The maximum Gasteiger partial charge on any atom is 0.399 e. The number of likely N-dealkylation sites (tertiary alicyclic amines) is 1. The Kier molecular flexibility index (Phi) is 15.2. The fourth-order valence-electron chi connectivity index (χ4n) is 5.41. The maximum atomic E-state index is 13.6. The number of aromatic nitrogens is 1. The third-order valence-electron chi connectivity index (χ3n) is 8.54. The number of carbonyl (C=O) groups excluding carboxylic acids is 4. The summed E-state index contributed by atoms with van der Waals surface area (Å²) < 4.78 is 38.0. The van der Waals surface area contributed by atoms with Gasteiger partial charge in [-0.25, -0.2) is 0 Å². The molecule has 0 spiro atoms. The molecule has 15 heteroatoms. The van der Waals surface area contributed by atoms with E-state index >= 15 is 0 Å². The van der Waals surface area contributed by atoms with Crippen molar-refractivity contribution in [1.29, 1.82) is 0 Å². The molecule has 0 bridgehead atoms. The van der Waals surface area contributed by atoms with Gasteiger partial charge in [0.1, 0.15) is 5.69 Å². The Bertz CT molecular complexity index is 1830. The molecular formula is C37H46F2N5O7P. The highest BCUT2D eigenvalue weighted by atomic mass is 31.2. The second-order valence-electron chi connectivity index (χ2n) is 12.1. The number of halogens is 2. The van der Waals surface area contributed by atoms with Crippen molar-refractivity contribution in [3.05, 3.63) is 102 Å². The molecule has 4 N–H and O–H groups in total. The van der Waals surface area contributed by atoms with Gasteiger partial charge in [0.25, 0.3) is 5.91 Å². The third-order valence-corrected chi connectivity index (χ3v) is 9.53. The number of benzene rings is 3. The molecule has 52 heavy (non-hydrogen) atoms. The molecule has 1 aliphatic rings. The molecule has 280 valence electrons. The monoisotopic (exact) mass is 741 g/mol. The number of alkyl halides is 2. The number of nitrogens with one attached hydrogen (secondary N) is 2. The van der Waals surface area contributed by atoms with E-state index in [9.17, 15) is 32.5 Å². The summed E-state index contributed by atoms with van der Waals surface area (Å²) in [7, 11) is -2.47. The molecule has 1 aliphatic heterocycles. The summed E-state index contributed by atoms with van der Waals surface area (Å²) in [5.41, 5.74) is -2.56. The lowest BCUT2D eigenvalue weighted by Gasteiger charge is -2.25. The number of aromatic amines is 1. The highest BCUT2D eigenvalue weighted by Gasteiger charge is 2.50. The number of anilines is 1. The van der Waals surface area contributed by atoms with Crippen LogP contribution in [0.4, 0.5) is 14.5 Å². The standard InChI is InChI=1S/C18H26N2O2.C11H11F2N2O4P.C8H9NO/c1-3-19(14-11-17(21)20-12-7-8-13-20)18(22)15(2)16-9-5-4-6-10-16;1-14-10(16)9-5-6-4-7(2-3-8(6)15-9)11(12,13)20(17,18)19;1-9(7-10)8-5-3-2-4-6-8/h4-6,9-10,15H,3,7-8,11-14H2,1-2H3;2-5,15H,1H3,(H,14,16)(H2,17,18,19);2-7H,1H3/t15-;;/m0../s1. The van der Waals surface area contributed by atoms with Crippen LogP contribution in [0.3, 0.4) is 0 Å². The van der Waals surface area contributed by atoms with Gasteiger partial charge < -0.3 is 34.8 Å². The Hall–Kier alpha value is -4.91. The highest BCUT2D eigenvalue weighted by molar-refractivity contribution is 7.52. The van der Waals surface area contributed by atoms with E-state index in [1.165, 1.54) is 24.1 Å². The molecular weight excluding hydrogens is 695 g/mol. The van der Waals surface area contributed by atoms with Crippen LogP contribution in [0.1, 0.15) is 60.6 Å². The molecule has 0 saturated carbocycles. The zero-order chi connectivity index (χ0) is 38.5. The van der Waals surface area contributed by atoms with Crippen LogP contribution < -0.4 is 10.2 Å². The first-order valence-corrected chi connectivity index (χ1v) is 18.4. The highest BCUT2D eigenvalue weighted by Crippen LogP contribution is 2.59. The average Bonchev–Trinajstić information content (AvgIpc) is 3.86. The SMILES string of the molecule is CCN(CCC(=O)N1CCCC1)C(=O)[C@@H](C)c1ccccc1.CN(C=O)c1ccccc1.CNC(=O)c1cc2cc(C(F)(F)P(=O)(O)O)ccc2[nH]1. The lowest BCUT2D eigenvalue weighted by Crippen LogP contribution is -2.38. The van der Waals surface area contributed by atoms with Crippen LogP contribution in [0.5, 0.6) is 0 Å². The normalized spacial score (nSPS) is 13.2. The van der Waals surface area contributed by atoms with E-state index in [0.29, 0.717) is 25.0 Å². The number of likely N-dealkylation sites (N-methyl/N-ethyl adjacent to an activating group) is 1. The lowest BCUT2D eigenvalue weighted by molar-refractivity contribution is -0.134. The van der Waals surface area contributed by atoms with Crippen molar-refractivity contribution in [2.24, 2.45) is 0 Å². The van der Waals surface area contributed by atoms with Gasteiger partial charge in [0.15, 0.2) is 0 Å². The first-order chi connectivity index (χ1) is 24.6. The van der Waals surface area contributed by atoms with E-state index in [4.69, 9.17) is 9.79 Å². The van der Waals surface area contributed by atoms with E-state index in [2.05, 4.69) is 10.3 Å². The molecule has 2 heterocycles. The van der Waals surface area contributed by atoms with Gasteiger partial charge in [-0.3, -0.25) is 23.7 Å². The molecule has 1 saturated heterocycles. The molecule has 12 nitrogen and oxygen atoms in total. The number of para-hydroxylation sites is 1. The fourth-order valence-corrected chi connectivity index (χ4v) is 5.88. The van der Waals surface area contributed by atoms with Crippen LogP contribution in [0.2, 0.25) is 0 Å². The first kappa shape index (κ1) is 41.5. The quantitative estimate of drug-likeness (QED) is 0.113. The van der Waals surface area contributed by atoms with Gasteiger partial charge in [0.2, 0.25) is 18.2 Å². The zero-order valence-electron chi connectivity index (χ0n) is 29.7. The number of fused-ring (bicyclic) bond motifs is 1. The van der Waals surface area contributed by atoms with Gasteiger partial charge in [-0.05, 0) is 62.6 Å². The molecule has 1 aromatic heterocycles. The van der Waals surface area contributed by atoms with Gasteiger partial charge >= 0.3 is 13.3 Å². The van der Waals surface area contributed by atoms with E-state index in [1.807, 2.05) is 79.4 Å². The second-order valence-corrected chi connectivity index (χ2v) is 13.7. The van der Waals surface area contributed by atoms with E-state index < -0.39 is 24.7 Å². The van der Waals surface area contributed by atoms with Crippen molar-refractivity contribution < 1.29 is 42.3 Å². The predicted molar refractivity (Wildman–Crippen MR) is 196 cm³/mol. The van der Waals surface area contributed by atoms with Gasteiger partial charge in [0.05, 0.1) is 5.92 Å². The molecule has 0 aliphatic carbocycles. The van der Waals surface area contributed by atoms with Crippen molar-refractivity contribution in [3.63, 3.8) is 0 Å². The van der Waals surface area contributed by atoms with E-state index in [-0.39, 0.29) is 28.8 Å². The summed E-state index contributed by atoms with van der Waals surface area (Å²) >= 11 is 0. The van der Waals surface area contributed by atoms with Crippen molar-refractivity contribution in [2.45, 2.75) is 44.7 Å². The summed E-state index contributed by atoms with van der Waals surface area (Å²) in [5.74, 6) is -0.313. The van der Waals surface area contributed by atoms with Crippen LogP contribution in [-0.2, 0) is 24.6 Å². The molecule has 1 fully saturated rings. The summed E-state index contributed by atoms with van der Waals surface area (Å²) in [4.78, 5) is 71.7. The van der Waals surface area contributed by atoms with Crippen LogP contribution in [0, 0.1) is 0 Å². The van der Waals surface area contributed by atoms with Crippen LogP contribution in [0.25, 0.3) is 10.9 Å². The number of hydrogen-bond acceptors (Lipinski definition) is 5. The number of amides is 4. The Morgan fingerprint density at radius 1 is 1.00 bits per heavy atom. The second kappa shape index (κ2) is 19.1. The first-order valence-electron chi connectivity index (χ1n) is 16.8. The van der Waals surface area contributed by atoms with Crippen LogP contribution >= 0.6 is 7.60 Å². The predicted octanol–water partition coefficient (Wildman–Crippen LogP) is 5.68. The fraction of sp³-hybridized carbons (Fsp3) is 0.351. The zero-order valence-corrected chi connectivity index (χ0v) is 30.6. The van der Waals surface area contributed by atoms with Crippen molar-refractivity contribution in [1.82, 2.24) is 20.1 Å². The Morgan fingerprint density at radius 3 is 2.13 bits per heavy atom. The van der Waals surface area contributed by atoms with Crippen LogP contribution in [-0.4, -0.2) is 89.0 Å². The summed E-state index contributed by atoms with van der Waals surface area (Å²) in [6, 6.07) is 23.7. The minimum Gasteiger partial charge on any atom is -0.354 e. The Balaban J connectivity index is 0.000000224. The number of nitrogens with zero attached hydrogens (tertiary/aromatic N) is 3. The largest absolute Gasteiger partial charge is 0.399 e. The Morgan fingerprint density at radius 2 is 1.60 bits per heavy atom. The van der Waals surface area contributed by atoms with E-state index in [1.54, 1.807) is 11.9 Å². The molecule has 1 atom stereocenters. The number of hydrogen-bond donors (Lipinski definition) is 4. The van der Waals surface area contributed by atoms with Gasteiger partial charge in [-0.2, -0.15) is 8.78 Å². The molecule has 0 unspecified atom stereocenters. The minimum atomic E-state index is -5.61. The number of rotatable bonds is 11. The molecule has 3 aromatic carbocycles. The average molecular weight is 742 g/mol. The minimum absolute atomic E-state index is 0.0999. The third kappa shape index (κ3) is 11.0. The van der Waals surface area contributed by atoms with Gasteiger partial charge in [0, 0.05) is 68.8 Å². The summed E-state index contributed by atoms with van der Waals surface area (Å²) in [6.07, 6.45) is 3.43. The number of H-pyrrole nitrogens is 1. The topological polar surface area (TPSA) is 163 Å². The molecule has 4 amide bonds. The van der Waals surface area contributed by atoms with Gasteiger partial charge in [-0.1, -0.05) is 54.6 Å². The maximum absolute atomic E-state index is 13.6. The lowest BCUT2D eigenvalue weighted by atomic mass is 10.00. The summed E-state index contributed by atoms with van der Waals surface area (Å²) in [5, 5.41) is 2.63. The van der Waals surface area contributed by atoms with Crippen molar-refractivity contribution >= 4 is 48.3 Å². The smallest absolute Gasteiger partial charge is 0.354 e. The summed E-state index contributed by atoms with van der Waals surface area (Å²) in [6.45, 7) is 6.81. The van der Waals surface area contributed by atoms with Crippen LogP contribution in [0.15, 0.2) is 84.9 Å².